The third kappa shape index (κ3) is 3.64. The summed E-state index contributed by atoms with van der Waals surface area (Å²) in [4.78, 5) is 0. The van der Waals surface area contributed by atoms with Crippen LogP contribution >= 0.6 is 34.8 Å². The topological polar surface area (TPSA) is 21.3 Å². The minimum absolute atomic E-state index is 0.125. The standard InChI is InChI=1S/C16H16Cl3NO/c1-3-20-16(12-5-4-6-13(17)15(12)19)11-8-7-10(21-2)9-14(11)18/h4-9,16,20H,3H2,1-2H3. The normalized spacial score (nSPS) is 12.2. The van der Waals surface area contributed by atoms with Gasteiger partial charge in [0.2, 0.25) is 0 Å². The highest BCUT2D eigenvalue weighted by Gasteiger charge is 2.20. The molecule has 1 atom stereocenters. The van der Waals surface area contributed by atoms with E-state index in [1.54, 1.807) is 19.2 Å². The molecule has 0 aliphatic rings. The molecule has 0 radical (unpaired) electrons. The van der Waals surface area contributed by atoms with Gasteiger partial charge in [0.1, 0.15) is 5.75 Å². The molecule has 2 aromatic rings. The molecular weight excluding hydrogens is 329 g/mol. The largest absolute Gasteiger partial charge is 0.497 e. The molecule has 1 unspecified atom stereocenters. The lowest BCUT2D eigenvalue weighted by molar-refractivity contribution is 0.414. The molecule has 0 bridgehead atoms. The Labute approximate surface area is 140 Å². The monoisotopic (exact) mass is 343 g/mol. The average Bonchev–Trinajstić information content (AvgIpc) is 2.48. The van der Waals surface area contributed by atoms with E-state index in [0.717, 1.165) is 23.4 Å². The van der Waals surface area contributed by atoms with Crippen LogP contribution in [0.4, 0.5) is 0 Å². The molecule has 0 saturated carbocycles. The SMILES string of the molecule is CCNC(c1ccc(OC)cc1Cl)c1cccc(Cl)c1Cl. The van der Waals surface area contributed by atoms with Crippen LogP contribution in [0.15, 0.2) is 36.4 Å². The van der Waals surface area contributed by atoms with E-state index in [0.29, 0.717) is 15.1 Å². The van der Waals surface area contributed by atoms with Crippen LogP contribution in [0.3, 0.4) is 0 Å². The van der Waals surface area contributed by atoms with Gasteiger partial charge in [-0.15, -0.1) is 0 Å². The lowest BCUT2D eigenvalue weighted by Gasteiger charge is -2.22. The van der Waals surface area contributed by atoms with Crippen LogP contribution in [-0.2, 0) is 0 Å². The Balaban J connectivity index is 2.51. The van der Waals surface area contributed by atoms with Gasteiger partial charge in [0, 0.05) is 5.02 Å². The summed E-state index contributed by atoms with van der Waals surface area (Å²) in [6.07, 6.45) is 0. The van der Waals surface area contributed by atoms with Crippen molar-refractivity contribution < 1.29 is 4.74 Å². The first kappa shape index (κ1) is 16.4. The number of methoxy groups -OCH3 is 1. The molecule has 1 N–H and O–H groups in total. The number of benzene rings is 2. The van der Waals surface area contributed by atoms with Crippen LogP contribution in [-0.4, -0.2) is 13.7 Å². The Morgan fingerprint density at radius 2 is 1.81 bits per heavy atom. The Morgan fingerprint density at radius 1 is 1.05 bits per heavy atom. The molecule has 0 amide bonds. The van der Waals surface area contributed by atoms with Crippen molar-refractivity contribution in [3.8, 4) is 5.75 Å². The summed E-state index contributed by atoms with van der Waals surface area (Å²) in [5.41, 5.74) is 1.83. The highest BCUT2D eigenvalue weighted by atomic mass is 35.5. The van der Waals surface area contributed by atoms with Gasteiger partial charge in [-0.1, -0.05) is 59.9 Å². The van der Waals surface area contributed by atoms with Gasteiger partial charge in [-0.3, -0.25) is 0 Å². The van der Waals surface area contributed by atoms with Crippen LogP contribution in [0, 0.1) is 0 Å². The molecule has 2 rings (SSSR count). The first-order chi connectivity index (χ1) is 10.1. The molecule has 0 aliphatic carbocycles. The third-order valence-electron chi connectivity index (χ3n) is 3.22. The number of hydrogen-bond donors (Lipinski definition) is 1. The minimum atomic E-state index is -0.125. The zero-order valence-electron chi connectivity index (χ0n) is 11.8. The molecule has 0 aliphatic heterocycles. The number of halogens is 3. The Hall–Kier alpha value is -0.930. The molecule has 0 heterocycles. The van der Waals surface area contributed by atoms with Crippen molar-refractivity contribution in [1.82, 2.24) is 5.32 Å². The maximum atomic E-state index is 6.38. The van der Waals surface area contributed by atoms with E-state index in [1.165, 1.54) is 0 Å². The van der Waals surface area contributed by atoms with Gasteiger partial charge >= 0.3 is 0 Å². The lowest BCUT2D eigenvalue weighted by atomic mass is 9.98. The first-order valence-corrected chi connectivity index (χ1v) is 7.72. The van der Waals surface area contributed by atoms with Gasteiger partial charge in [-0.2, -0.15) is 0 Å². The summed E-state index contributed by atoms with van der Waals surface area (Å²) in [6, 6.07) is 11.1. The number of hydrogen-bond acceptors (Lipinski definition) is 2. The summed E-state index contributed by atoms with van der Waals surface area (Å²) in [5.74, 6) is 0.719. The molecular formula is C16H16Cl3NO. The zero-order chi connectivity index (χ0) is 15.4. The summed E-state index contributed by atoms with van der Waals surface area (Å²) >= 11 is 18.8. The van der Waals surface area contributed by atoms with Crippen molar-refractivity contribution in [3.05, 3.63) is 62.6 Å². The fourth-order valence-electron chi connectivity index (χ4n) is 2.20. The lowest BCUT2D eigenvalue weighted by Crippen LogP contribution is -2.22. The predicted octanol–water partition coefficient (Wildman–Crippen LogP) is 5.35. The van der Waals surface area contributed by atoms with E-state index in [9.17, 15) is 0 Å². The number of ether oxygens (including phenoxy) is 1. The molecule has 0 aromatic heterocycles. The highest BCUT2D eigenvalue weighted by molar-refractivity contribution is 6.42. The second-order valence-corrected chi connectivity index (χ2v) is 5.71. The third-order valence-corrected chi connectivity index (χ3v) is 4.38. The van der Waals surface area contributed by atoms with Gasteiger partial charge < -0.3 is 10.1 Å². The molecule has 2 nitrogen and oxygen atoms in total. The average molecular weight is 345 g/mol. The van der Waals surface area contributed by atoms with Gasteiger partial charge in [0.15, 0.2) is 0 Å². The second kappa shape index (κ2) is 7.37. The fraction of sp³-hybridized carbons (Fsp3) is 0.250. The second-order valence-electron chi connectivity index (χ2n) is 4.52. The fourth-order valence-corrected chi connectivity index (χ4v) is 2.90. The summed E-state index contributed by atoms with van der Waals surface area (Å²) in [6.45, 7) is 2.80. The predicted molar refractivity (Wildman–Crippen MR) is 90.0 cm³/mol. The van der Waals surface area contributed by atoms with Crippen LogP contribution < -0.4 is 10.1 Å². The van der Waals surface area contributed by atoms with Crippen LogP contribution in [0.5, 0.6) is 5.75 Å². The number of rotatable bonds is 5. The molecule has 5 heteroatoms. The maximum absolute atomic E-state index is 6.38. The maximum Gasteiger partial charge on any atom is 0.120 e. The Bertz CT molecular complexity index is 631. The minimum Gasteiger partial charge on any atom is -0.497 e. The molecule has 0 saturated heterocycles. The Morgan fingerprint density at radius 3 is 2.43 bits per heavy atom. The molecule has 0 fully saturated rings. The summed E-state index contributed by atoms with van der Waals surface area (Å²) in [5, 5.41) is 5.08. The quantitative estimate of drug-likeness (QED) is 0.789. The summed E-state index contributed by atoms with van der Waals surface area (Å²) < 4.78 is 5.19. The van der Waals surface area contributed by atoms with Gasteiger partial charge in [0.25, 0.3) is 0 Å². The van der Waals surface area contributed by atoms with Crippen LogP contribution in [0.1, 0.15) is 24.1 Å². The van der Waals surface area contributed by atoms with E-state index in [4.69, 9.17) is 39.5 Å². The van der Waals surface area contributed by atoms with Gasteiger partial charge in [-0.25, -0.2) is 0 Å². The van der Waals surface area contributed by atoms with Crippen LogP contribution in [0.2, 0.25) is 15.1 Å². The molecule has 112 valence electrons. The zero-order valence-corrected chi connectivity index (χ0v) is 14.1. The molecule has 21 heavy (non-hydrogen) atoms. The highest BCUT2D eigenvalue weighted by Crippen LogP contribution is 2.36. The van der Waals surface area contributed by atoms with Crippen LogP contribution in [0.25, 0.3) is 0 Å². The van der Waals surface area contributed by atoms with Crippen molar-refractivity contribution in [2.75, 3.05) is 13.7 Å². The van der Waals surface area contributed by atoms with Crippen molar-refractivity contribution in [2.45, 2.75) is 13.0 Å². The van der Waals surface area contributed by atoms with Gasteiger partial charge in [0.05, 0.1) is 23.2 Å². The van der Waals surface area contributed by atoms with E-state index < -0.39 is 0 Å². The Kier molecular flexibility index (Phi) is 5.77. The molecule has 0 spiro atoms. The smallest absolute Gasteiger partial charge is 0.120 e. The van der Waals surface area contributed by atoms with Crippen molar-refractivity contribution in [2.24, 2.45) is 0 Å². The van der Waals surface area contributed by atoms with Crippen molar-refractivity contribution in [1.29, 1.82) is 0 Å². The molecule has 2 aromatic carbocycles. The van der Waals surface area contributed by atoms with Crippen molar-refractivity contribution >= 4 is 34.8 Å². The van der Waals surface area contributed by atoms with E-state index in [2.05, 4.69) is 5.32 Å². The summed E-state index contributed by atoms with van der Waals surface area (Å²) in [7, 11) is 1.61. The van der Waals surface area contributed by atoms with Crippen molar-refractivity contribution in [3.63, 3.8) is 0 Å². The first-order valence-electron chi connectivity index (χ1n) is 6.59. The van der Waals surface area contributed by atoms with E-state index in [1.807, 2.05) is 31.2 Å². The van der Waals surface area contributed by atoms with E-state index in [-0.39, 0.29) is 6.04 Å². The van der Waals surface area contributed by atoms with E-state index >= 15 is 0 Å². The number of nitrogens with one attached hydrogen (secondary N) is 1. The van der Waals surface area contributed by atoms with Gasteiger partial charge in [-0.05, 0) is 35.9 Å².